The second kappa shape index (κ2) is 17.1. The summed E-state index contributed by atoms with van der Waals surface area (Å²) in [6.45, 7) is 3.14. The highest BCUT2D eigenvalue weighted by Gasteiger charge is 2.02. The van der Waals surface area contributed by atoms with Gasteiger partial charge in [-0.05, 0) is 25.7 Å². The Morgan fingerprint density at radius 1 is 0.826 bits per heavy atom. The fourth-order valence-corrected chi connectivity index (χ4v) is 2.44. The van der Waals surface area contributed by atoms with Crippen LogP contribution in [0.5, 0.6) is 0 Å². The third-order valence-electron chi connectivity index (χ3n) is 3.84. The summed E-state index contributed by atoms with van der Waals surface area (Å²) in [6, 6.07) is 0. The Morgan fingerprint density at radius 2 is 1.39 bits per heavy atom. The Morgan fingerprint density at radius 3 is 2.00 bits per heavy atom. The summed E-state index contributed by atoms with van der Waals surface area (Å²) in [4.78, 5) is 21.7. The predicted octanol–water partition coefficient (Wildman–Crippen LogP) is 4.89. The lowest BCUT2D eigenvalue weighted by molar-refractivity contribution is -0.143. The third kappa shape index (κ3) is 18.7. The van der Waals surface area contributed by atoms with E-state index >= 15 is 0 Å². The lowest BCUT2D eigenvalue weighted by Gasteiger charge is -2.05. The summed E-state index contributed by atoms with van der Waals surface area (Å²) in [6.07, 6.45) is 13.2. The number of carbonyl (C=O) groups excluding carboxylic acids is 1. The molecule has 0 aliphatic heterocycles. The molecule has 0 fully saturated rings. The first-order valence-electron chi connectivity index (χ1n) is 9.29. The SMILES string of the molecule is CCCCCCCCCCCC(=O)OCCCCCNC(=O)O. The Kier molecular flexibility index (Phi) is 16.2. The van der Waals surface area contributed by atoms with Gasteiger partial charge >= 0.3 is 12.1 Å². The van der Waals surface area contributed by atoms with E-state index in [1.807, 2.05) is 0 Å². The van der Waals surface area contributed by atoms with E-state index < -0.39 is 6.09 Å². The number of esters is 1. The summed E-state index contributed by atoms with van der Waals surface area (Å²) in [7, 11) is 0. The first kappa shape index (κ1) is 21.7. The van der Waals surface area contributed by atoms with Gasteiger partial charge in [-0.25, -0.2) is 4.79 Å². The average Bonchev–Trinajstić information content (AvgIpc) is 2.52. The van der Waals surface area contributed by atoms with E-state index in [9.17, 15) is 9.59 Å². The summed E-state index contributed by atoms with van der Waals surface area (Å²) in [5.74, 6) is -0.100. The molecule has 0 spiro atoms. The number of nitrogens with one attached hydrogen (secondary N) is 1. The van der Waals surface area contributed by atoms with Crippen molar-refractivity contribution >= 4 is 12.1 Å². The molecule has 23 heavy (non-hydrogen) atoms. The summed E-state index contributed by atoms with van der Waals surface area (Å²) >= 11 is 0. The fourth-order valence-electron chi connectivity index (χ4n) is 2.44. The standard InChI is InChI=1S/C18H35NO4/c1-2-3-4-5-6-7-8-9-11-14-17(20)23-16-13-10-12-15-19-18(21)22/h19H,2-16H2,1H3,(H,21,22). The monoisotopic (exact) mass is 329 g/mol. The Bertz CT molecular complexity index is 295. The van der Waals surface area contributed by atoms with Crippen molar-refractivity contribution in [2.75, 3.05) is 13.2 Å². The molecule has 0 unspecified atom stereocenters. The summed E-state index contributed by atoms with van der Waals surface area (Å²) < 4.78 is 5.17. The van der Waals surface area contributed by atoms with E-state index in [1.165, 1.54) is 44.9 Å². The minimum absolute atomic E-state index is 0.100. The summed E-state index contributed by atoms with van der Waals surface area (Å²) in [5.41, 5.74) is 0. The molecule has 0 aliphatic rings. The van der Waals surface area contributed by atoms with E-state index in [4.69, 9.17) is 9.84 Å². The molecule has 0 aromatic rings. The van der Waals surface area contributed by atoms with Crippen molar-refractivity contribution in [1.82, 2.24) is 5.32 Å². The van der Waals surface area contributed by atoms with Gasteiger partial charge in [0.25, 0.3) is 0 Å². The van der Waals surface area contributed by atoms with Crippen molar-refractivity contribution in [3.63, 3.8) is 0 Å². The topological polar surface area (TPSA) is 75.6 Å². The lowest BCUT2D eigenvalue weighted by Crippen LogP contribution is -2.21. The van der Waals surface area contributed by atoms with E-state index in [0.717, 1.165) is 32.1 Å². The molecule has 5 heteroatoms. The molecule has 0 aromatic carbocycles. The van der Waals surface area contributed by atoms with Crippen LogP contribution in [0.3, 0.4) is 0 Å². The van der Waals surface area contributed by atoms with Crippen LogP contribution in [-0.4, -0.2) is 30.3 Å². The predicted molar refractivity (Wildman–Crippen MR) is 92.7 cm³/mol. The Labute approximate surface area is 141 Å². The first-order chi connectivity index (χ1) is 11.2. The minimum Gasteiger partial charge on any atom is -0.466 e. The molecule has 0 saturated heterocycles. The Hall–Kier alpha value is -1.26. The van der Waals surface area contributed by atoms with Gasteiger partial charge in [-0.1, -0.05) is 58.3 Å². The molecule has 0 heterocycles. The molecule has 0 saturated carbocycles. The normalized spacial score (nSPS) is 10.5. The first-order valence-corrected chi connectivity index (χ1v) is 9.29. The second-order valence-corrected chi connectivity index (χ2v) is 6.09. The maximum atomic E-state index is 11.5. The molecule has 0 aromatic heterocycles. The van der Waals surface area contributed by atoms with Gasteiger partial charge in [-0.15, -0.1) is 0 Å². The highest BCUT2D eigenvalue weighted by molar-refractivity contribution is 5.69. The molecule has 0 aliphatic carbocycles. The van der Waals surface area contributed by atoms with Crippen LogP contribution < -0.4 is 5.32 Å². The molecule has 2 N–H and O–H groups in total. The van der Waals surface area contributed by atoms with E-state index in [0.29, 0.717) is 19.6 Å². The molecular formula is C18H35NO4. The van der Waals surface area contributed by atoms with Gasteiger partial charge in [0.15, 0.2) is 0 Å². The van der Waals surface area contributed by atoms with Gasteiger partial charge in [0.1, 0.15) is 0 Å². The van der Waals surface area contributed by atoms with Crippen LogP contribution in [0.15, 0.2) is 0 Å². The molecule has 0 radical (unpaired) electrons. The van der Waals surface area contributed by atoms with Crippen molar-refractivity contribution in [1.29, 1.82) is 0 Å². The van der Waals surface area contributed by atoms with Gasteiger partial charge < -0.3 is 15.2 Å². The van der Waals surface area contributed by atoms with Crippen LogP contribution in [-0.2, 0) is 9.53 Å². The van der Waals surface area contributed by atoms with E-state index in [-0.39, 0.29) is 5.97 Å². The van der Waals surface area contributed by atoms with Gasteiger partial charge in [0, 0.05) is 13.0 Å². The highest BCUT2D eigenvalue weighted by atomic mass is 16.5. The number of unbranched alkanes of at least 4 members (excludes halogenated alkanes) is 10. The van der Waals surface area contributed by atoms with Gasteiger partial charge in [-0.2, -0.15) is 0 Å². The number of carbonyl (C=O) groups is 2. The minimum atomic E-state index is -0.989. The zero-order chi connectivity index (χ0) is 17.2. The quantitative estimate of drug-likeness (QED) is 0.312. The number of amides is 1. The van der Waals surface area contributed by atoms with Crippen molar-refractivity contribution < 1.29 is 19.4 Å². The number of rotatable bonds is 16. The van der Waals surface area contributed by atoms with Crippen molar-refractivity contribution in [2.24, 2.45) is 0 Å². The van der Waals surface area contributed by atoms with Crippen LogP contribution >= 0.6 is 0 Å². The zero-order valence-corrected chi connectivity index (χ0v) is 14.8. The van der Waals surface area contributed by atoms with Crippen LogP contribution in [0.25, 0.3) is 0 Å². The third-order valence-corrected chi connectivity index (χ3v) is 3.84. The van der Waals surface area contributed by atoms with E-state index in [2.05, 4.69) is 12.2 Å². The molecular weight excluding hydrogens is 294 g/mol. The van der Waals surface area contributed by atoms with Gasteiger partial charge in [-0.3, -0.25) is 4.79 Å². The smallest absolute Gasteiger partial charge is 0.404 e. The largest absolute Gasteiger partial charge is 0.466 e. The maximum Gasteiger partial charge on any atom is 0.404 e. The molecule has 5 nitrogen and oxygen atoms in total. The average molecular weight is 329 g/mol. The number of hydrogen-bond acceptors (Lipinski definition) is 3. The van der Waals surface area contributed by atoms with Crippen molar-refractivity contribution in [3.8, 4) is 0 Å². The molecule has 0 rings (SSSR count). The van der Waals surface area contributed by atoms with Crippen LogP contribution in [0, 0.1) is 0 Å². The number of carboxylic acid groups (broad SMARTS) is 1. The van der Waals surface area contributed by atoms with Crippen LogP contribution in [0.1, 0.15) is 90.4 Å². The molecule has 136 valence electrons. The number of ether oxygens (including phenoxy) is 1. The number of hydrogen-bond donors (Lipinski definition) is 2. The van der Waals surface area contributed by atoms with Crippen LogP contribution in [0.4, 0.5) is 4.79 Å². The van der Waals surface area contributed by atoms with Crippen molar-refractivity contribution in [3.05, 3.63) is 0 Å². The van der Waals surface area contributed by atoms with Crippen LogP contribution in [0.2, 0.25) is 0 Å². The molecule has 0 bridgehead atoms. The van der Waals surface area contributed by atoms with Crippen molar-refractivity contribution in [2.45, 2.75) is 90.4 Å². The highest BCUT2D eigenvalue weighted by Crippen LogP contribution is 2.10. The second-order valence-electron chi connectivity index (χ2n) is 6.09. The zero-order valence-electron chi connectivity index (χ0n) is 14.8. The maximum absolute atomic E-state index is 11.5. The summed E-state index contributed by atoms with van der Waals surface area (Å²) in [5, 5.41) is 10.7. The fraction of sp³-hybridized carbons (Fsp3) is 0.889. The van der Waals surface area contributed by atoms with Gasteiger partial charge in [0.05, 0.1) is 6.61 Å². The van der Waals surface area contributed by atoms with Gasteiger partial charge in [0.2, 0.25) is 0 Å². The molecule has 0 atom stereocenters. The van der Waals surface area contributed by atoms with E-state index in [1.54, 1.807) is 0 Å². The molecule has 1 amide bonds. The lowest BCUT2D eigenvalue weighted by atomic mass is 10.1. The Balaban J connectivity index is 3.17.